The lowest BCUT2D eigenvalue weighted by Crippen LogP contribution is -2.15. The molecule has 0 fully saturated rings. The first kappa shape index (κ1) is 22.9. The van der Waals surface area contributed by atoms with Crippen molar-refractivity contribution in [3.05, 3.63) is 63.7 Å². The molecule has 1 N–H and O–H groups in total. The number of alkyl halides is 3. The minimum atomic E-state index is -4.53. The predicted molar refractivity (Wildman–Crippen MR) is 111 cm³/mol. The molecular weight excluding hydrogens is 456 g/mol. The summed E-state index contributed by atoms with van der Waals surface area (Å²) in [5, 5.41) is 7.07. The first-order chi connectivity index (χ1) is 14.5. The number of anilines is 1. The Labute approximate surface area is 185 Å². The van der Waals surface area contributed by atoms with Crippen LogP contribution in [0, 0.1) is 6.92 Å². The molecule has 0 bridgehead atoms. The number of aryl methyl sites for hydroxylation is 1. The van der Waals surface area contributed by atoms with E-state index in [0.29, 0.717) is 22.3 Å². The fourth-order valence-corrected chi connectivity index (χ4v) is 3.21. The largest absolute Gasteiger partial charge is 0.489 e. The lowest BCUT2D eigenvalue weighted by atomic mass is 10.2. The van der Waals surface area contributed by atoms with Gasteiger partial charge in [-0.25, -0.2) is 9.67 Å². The number of carbonyl (C=O) groups is 1. The van der Waals surface area contributed by atoms with Gasteiger partial charge in [0.1, 0.15) is 11.6 Å². The summed E-state index contributed by atoms with van der Waals surface area (Å²) in [4.78, 5) is 16.6. The summed E-state index contributed by atoms with van der Waals surface area (Å²) in [5.41, 5.74) is -0.540. The highest BCUT2D eigenvalue weighted by Gasteiger charge is 2.30. The van der Waals surface area contributed by atoms with Crippen molar-refractivity contribution in [2.75, 3.05) is 5.32 Å². The van der Waals surface area contributed by atoms with Gasteiger partial charge in [-0.15, -0.1) is 5.10 Å². The van der Waals surface area contributed by atoms with Crippen LogP contribution in [0.15, 0.2) is 36.4 Å². The van der Waals surface area contributed by atoms with Crippen LogP contribution in [0.4, 0.5) is 18.9 Å². The number of nitrogens with one attached hydrogen (secondary N) is 1. The van der Waals surface area contributed by atoms with E-state index in [1.165, 1.54) is 22.9 Å². The Hall–Kier alpha value is -2.78. The number of halogens is 5. The fraction of sp³-hybridized carbons (Fsp3) is 0.250. The van der Waals surface area contributed by atoms with E-state index in [2.05, 4.69) is 15.4 Å². The van der Waals surface area contributed by atoms with Gasteiger partial charge in [-0.05, 0) is 45.0 Å². The van der Waals surface area contributed by atoms with Crippen LogP contribution in [-0.2, 0) is 6.18 Å². The molecule has 1 amide bonds. The molecule has 0 unspecified atom stereocenters. The minimum absolute atomic E-state index is 0.0361. The van der Waals surface area contributed by atoms with E-state index in [-0.39, 0.29) is 22.6 Å². The average Bonchev–Trinajstić information content (AvgIpc) is 3.05. The van der Waals surface area contributed by atoms with Crippen LogP contribution >= 0.6 is 23.2 Å². The number of nitrogens with zero attached hydrogens (tertiary/aromatic N) is 3. The smallest absolute Gasteiger partial charge is 0.416 e. The molecule has 0 radical (unpaired) electrons. The molecule has 164 valence electrons. The van der Waals surface area contributed by atoms with E-state index in [0.717, 1.165) is 12.1 Å². The lowest BCUT2D eigenvalue weighted by Gasteiger charge is -2.14. The third-order valence-electron chi connectivity index (χ3n) is 4.01. The number of hydrogen-bond donors (Lipinski definition) is 1. The molecule has 0 atom stereocenters. The standard InChI is InChI=1S/C20H17Cl2F3N4O2/c1-10(2)31-17-9-16(14(21)8-15(17)22)29-11(3)26-18(28-29)19(30)27-13-6-4-5-12(7-13)20(23,24)25/h4-10H,1-3H3,(H,27,30). The van der Waals surface area contributed by atoms with Crippen LogP contribution in [0.25, 0.3) is 5.69 Å². The van der Waals surface area contributed by atoms with Crippen LogP contribution in [-0.4, -0.2) is 26.8 Å². The number of ether oxygens (including phenoxy) is 1. The van der Waals surface area contributed by atoms with Gasteiger partial charge in [0.2, 0.25) is 5.82 Å². The van der Waals surface area contributed by atoms with Gasteiger partial charge >= 0.3 is 6.18 Å². The molecule has 0 saturated carbocycles. The number of benzene rings is 2. The molecule has 11 heteroatoms. The Kier molecular flexibility index (Phi) is 6.47. The summed E-state index contributed by atoms with van der Waals surface area (Å²) in [6.07, 6.45) is -4.67. The monoisotopic (exact) mass is 472 g/mol. The first-order valence-corrected chi connectivity index (χ1v) is 9.79. The summed E-state index contributed by atoms with van der Waals surface area (Å²) in [6, 6.07) is 7.32. The summed E-state index contributed by atoms with van der Waals surface area (Å²) in [5.74, 6) is -0.313. The molecule has 31 heavy (non-hydrogen) atoms. The molecule has 1 aromatic heterocycles. The van der Waals surface area contributed by atoms with Crippen molar-refractivity contribution >= 4 is 34.8 Å². The van der Waals surface area contributed by atoms with Crippen molar-refractivity contribution < 1.29 is 22.7 Å². The van der Waals surface area contributed by atoms with E-state index in [4.69, 9.17) is 27.9 Å². The van der Waals surface area contributed by atoms with Crippen molar-refractivity contribution in [2.45, 2.75) is 33.1 Å². The van der Waals surface area contributed by atoms with E-state index in [1.54, 1.807) is 13.0 Å². The van der Waals surface area contributed by atoms with Gasteiger partial charge in [-0.1, -0.05) is 29.3 Å². The highest BCUT2D eigenvalue weighted by Crippen LogP contribution is 2.34. The number of amides is 1. The molecule has 6 nitrogen and oxygen atoms in total. The van der Waals surface area contributed by atoms with E-state index in [9.17, 15) is 18.0 Å². The highest BCUT2D eigenvalue weighted by atomic mass is 35.5. The molecule has 0 saturated heterocycles. The lowest BCUT2D eigenvalue weighted by molar-refractivity contribution is -0.137. The van der Waals surface area contributed by atoms with E-state index in [1.807, 2.05) is 13.8 Å². The van der Waals surface area contributed by atoms with Crippen molar-refractivity contribution in [3.8, 4) is 11.4 Å². The normalized spacial score (nSPS) is 11.6. The topological polar surface area (TPSA) is 69.0 Å². The maximum Gasteiger partial charge on any atom is 0.416 e. The number of rotatable bonds is 5. The van der Waals surface area contributed by atoms with Crippen molar-refractivity contribution in [2.24, 2.45) is 0 Å². The van der Waals surface area contributed by atoms with Gasteiger partial charge < -0.3 is 10.1 Å². The van der Waals surface area contributed by atoms with Crippen LogP contribution in [0.2, 0.25) is 10.0 Å². The molecule has 3 aromatic rings. The van der Waals surface area contributed by atoms with Gasteiger partial charge in [0.25, 0.3) is 5.91 Å². The molecule has 3 rings (SSSR count). The van der Waals surface area contributed by atoms with Gasteiger partial charge in [-0.3, -0.25) is 4.79 Å². The quantitative estimate of drug-likeness (QED) is 0.498. The first-order valence-electron chi connectivity index (χ1n) is 9.04. The summed E-state index contributed by atoms with van der Waals surface area (Å²) >= 11 is 12.5. The SMILES string of the molecule is Cc1nc(C(=O)Nc2cccc(C(F)(F)F)c2)nn1-c1cc(OC(C)C)c(Cl)cc1Cl. The van der Waals surface area contributed by atoms with Gasteiger partial charge in [-0.2, -0.15) is 13.2 Å². The van der Waals surface area contributed by atoms with Crippen molar-refractivity contribution in [1.82, 2.24) is 14.8 Å². The Morgan fingerprint density at radius 2 is 1.87 bits per heavy atom. The van der Waals surface area contributed by atoms with Gasteiger partial charge in [0.15, 0.2) is 0 Å². The second-order valence-electron chi connectivity index (χ2n) is 6.83. The number of carbonyl (C=O) groups excluding carboxylic acids is 1. The minimum Gasteiger partial charge on any atom is -0.489 e. The highest BCUT2D eigenvalue weighted by molar-refractivity contribution is 6.36. The Morgan fingerprint density at radius 3 is 2.52 bits per heavy atom. The van der Waals surface area contributed by atoms with Gasteiger partial charge in [0.05, 0.1) is 27.4 Å². The van der Waals surface area contributed by atoms with Gasteiger partial charge in [0, 0.05) is 11.8 Å². The average molecular weight is 473 g/mol. The zero-order chi connectivity index (χ0) is 22.9. The summed E-state index contributed by atoms with van der Waals surface area (Å²) in [6.45, 7) is 5.27. The molecular formula is C20H17Cl2F3N4O2. The number of hydrogen-bond acceptors (Lipinski definition) is 4. The number of aromatic nitrogens is 3. The Bertz CT molecular complexity index is 1130. The van der Waals surface area contributed by atoms with Crippen LogP contribution in [0.1, 0.15) is 35.9 Å². The van der Waals surface area contributed by atoms with Crippen LogP contribution in [0.3, 0.4) is 0 Å². The maximum atomic E-state index is 12.9. The third-order valence-corrected chi connectivity index (χ3v) is 4.61. The zero-order valence-electron chi connectivity index (χ0n) is 16.6. The zero-order valence-corrected chi connectivity index (χ0v) is 18.1. The van der Waals surface area contributed by atoms with E-state index >= 15 is 0 Å². The van der Waals surface area contributed by atoms with Crippen LogP contribution in [0.5, 0.6) is 5.75 Å². The second-order valence-corrected chi connectivity index (χ2v) is 7.64. The molecule has 0 aliphatic heterocycles. The second kappa shape index (κ2) is 8.76. The predicted octanol–water partition coefficient (Wildman–Crippen LogP) is 5.94. The van der Waals surface area contributed by atoms with Crippen molar-refractivity contribution in [1.29, 1.82) is 0 Å². The molecule has 0 aliphatic carbocycles. The third kappa shape index (κ3) is 5.29. The fourth-order valence-electron chi connectivity index (χ4n) is 2.70. The molecule has 2 aromatic carbocycles. The Morgan fingerprint density at radius 1 is 1.16 bits per heavy atom. The summed E-state index contributed by atoms with van der Waals surface area (Å²) < 4.78 is 45.6. The molecule has 0 aliphatic rings. The molecule has 0 spiro atoms. The molecule has 1 heterocycles. The summed E-state index contributed by atoms with van der Waals surface area (Å²) in [7, 11) is 0. The van der Waals surface area contributed by atoms with Crippen LogP contribution < -0.4 is 10.1 Å². The maximum absolute atomic E-state index is 12.9. The Balaban J connectivity index is 1.90. The van der Waals surface area contributed by atoms with Crippen molar-refractivity contribution in [3.63, 3.8) is 0 Å². The van der Waals surface area contributed by atoms with E-state index < -0.39 is 17.6 Å².